The van der Waals surface area contributed by atoms with Gasteiger partial charge in [0, 0.05) is 11.1 Å². The Morgan fingerprint density at radius 2 is 2.29 bits per heavy atom. The molecule has 0 heterocycles. The number of halogens is 1. The molecule has 0 atom stereocenters. The minimum atomic E-state index is -0.0617. The Balaban J connectivity index is 1.94. The van der Waals surface area contributed by atoms with E-state index < -0.39 is 0 Å². The summed E-state index contributed by atoms with van der Waals surface area (Å²) in [6.45, 7) is 0.386. The molecule has 92 valence electrons. The Hall–Kier alpha value is -1.26. The molecule has 1 aliphatic rings. The SMILES string of the molecule is CN(CC(=O)Nc1cc(Cl)ccc1N)C1CC1. The summed E-state index contributed by atoms with van der Waals surface area (Å²) < 4.78 is 0. The molecule has 1 aromatic rings. The third kappa shape index (κ3) is 3.35. The predicted octanol–water partition coefficient (Wildman–Crippen LogP) is 1.95. The van der Waals surface area contributed by atoms with Gasteiger partial charge in [0.25, 0.3) is 0 Å². The summed E-state index contributed by atoms with van der Waals surface area (Å²) in [6, 6.07) is 5.61. The van der Waals surface area contributed by atoms with Gasteiger partial charge in [0.1, 0.15) is 0 Å². The van der Waals surface area contributed by atoms with Crippen LogP contribution in [0.25, 0.3) is 0 Å². The molecular weight excluding hydrogens is 238 g/mol. The van der Waals surface area contributed by atoms with E-state index in [4.69, 9.17) is 17.3 Å². The number of rotatable bonds is 4. The molecule has 0 saturated heterocycles. The van der Waals surface area contributed by atoms with Crippen LogP contribution in [0.3, 0.4) is 0 Å². The van der Waals surface area contributed by atoms with Gasteiger partial charge in [0.05, 0.1) is 17.9 Å². The van der Waals surface area contributed by atoms with Gasteiger partial charge in [-0.25, -0.2) is 0 Å². The van der Waals surface area contributed by atoms with Crippen LogP contribution in [0.15, 0.2) is 18.2 Å². The number of hydrogen-bond donors (Lipinski definition) is 2. The van der Waals surface area contributed by atoms with Crippen LogP contribution in [0.2, 0.25) is 5.02 Å². The number of carbonyl (C=O) groups is 1. The van der Waals surface area contributed by atoms with Crippen LogP contribution in [-0.4, -0.2) is 30.4 Å². The first-order valence-electron chi connectivity index (χ1n) is 5.61. The van der Waals surface area contributed by atoms with Gasteiger partial charge in [-0.05, 0) is 38.1 Å². The number of carbonyl (C=O) groups excluding carboxylic acids is 1. The van der Waals surface area contributed by atoms with Crippen molar-refractivity contribution in [2.45, 2.75) is 18.9 Å². The maximum Gasteiger partial charge on any atom is 0.238 e. The van der Waals surface area contributed by atoms with Gasteiger partial charge < -0.3 is 11.1 Å². The van der Waals surface area contributed by atoms with Gasteiger partial charge in [-0.3, -0.25) is 9.69 Å². The fourth-order valence-corrected chi connectivity index (χ4v) is 1.87. The zero-order chi connectivity index (χ0) is 12.4. The number of nitrogens with two attached hydrogens (primary N) is 1. The zero-order valence-electron chi connectivity index (χ0n) is 9.74. The van der Waals surface area contributed by atoms with Crippen LogP contribution in [0.4, 0.5) is 11.4 Å². The van der Waals surface area contributed by atoms with Crippen LogP contribution in [0.5, 0.6) is 0 Å². The van der Waals surface area contributed by atoms with Crippen molar-refractivity contribution in [1.29, 1.82) is 0 Å². The fraction of sp³-hybridized carbons (Fsp3) is 0.417. The number of benzene rings is 1. The van der Waals surface area contributed by atoms with Crippen LogP contribution in [-0.2, 0) is 4.79 Å². The van der Waals surface area contributed by atoms with Crippen molar-refractivity contribution in [3.63, 3.8) is 0 Å². The Bertz CT molecular complexity index is 432. The van der Waals surface area contributed by atoms with Crippen LogP contribution in [0.1, 0.15) is 12.8 Å². The quantitative estimate of drug-likeness (QED) is 0.807. The lowest BCUT2D eigenvalue weighted by Crippen LogP contribution is -2.31. The van der Waals surface area contributed by atoms with Gasteiger partial charge in [-0.2, -0.15) is 0 Å². The minimum Gasteiger partial charge on any atom is -0.397 e. The molecular formula is C12H16ClN3O. The van der Waals surface area contributed by atoms with Crippen molar-refractivity contribution in [1.82, 2.24) is 4.90 Å². The van der Waals surface area contributed by atoms with E-state index in [1.165, 1.54) is 12.8 Å². The summed E-state index contributed by atoms with van der Waals surface area (Å²) in [7, 11) is 1.96. The molecule has 3 N–H and O–H groups in total. The van der Waals surface area contributed by atoms with E-state index in [1.54, 1.807) is 18.2 Å². The maximum absolute atomic E-state index is 11.8. The standard InChI is InChI=1S/C12H16ClN3O/c1-16(9-3-4-9)7-12(17)15-11-6-8(13)2-5-10(11)14/h2,5-6,9H,3-4,7,14H2,1H3,(H,15,17). The Kier molecular flexibility index (Phi) is 3.54. The van der Waals surface area contributed by atoms with E-state index in [9.17, 15) is 4.79 Å². The summed E-state index contributed by atoms with van der Waals surface area (Å²) in [5.41, 5.74) is 6.85. The fourth-order valence-electron chi connectivity index (χ4n) is 1.70. The maximum atomic E-state index is 11.8. The Morgan fingerprint density at radius 1 is 1.59 bits per heavy atom. The van der Waals surface area contributed by atoms with Crippen molar-refractivity contribution >= 4 is 28.9 Å². The first-order chi connectivity index (χ1) is 8.06. The molecule has 1 aromatic carbocycles. The highest BCUT2D eigenvalue weighted by Gasteiger charge is 2.27. The van der Waals surface area contributed by atoms with Crippen molar-refractivity contribution in [2.24, 2.45) is 0 Å². The highest BCUT2D eigenvalue weighted by atomic mass is 35.5. The van der Waals surface area contributed by atoms with Crippen molar-refractivity contribution in [3.05, 3.63) is 23.2 Å². The number of nitrogens with zero attached hydrogens (tertiary/aromatic N) is 1. The van der Waals surface area contributed by atoms with Crippen LogP contribution in [0, 0.1) is 0 Å². The second-order valence-corrected chi connectivity index (χ2v) is 4.86. The van der Waals surface area contributed by atoms with E-state index >= 15 is 0 Å². The van der Waals surface area contributed by atoms with Gasteiger partial charge in [0.2, 0.25) is 5.91 Å². The molecule has 1 saturated carbocycles. The normalized spacial score (nSPS) is 15.0. The molecule has 5 heteroatoms. The lowest BCUT2D eigenvalue weighted by Gasteiger charge is -2.15. The molecule has 1 amide bonds. The molecule has 1 fully saturated rings. The third-order valence-electron chi connectivity index (χ3n) is 2.85. The van der Waals surface area contributed by atoms with Crippen molar-refractivity contribution in [2.75, 3.05) is 24.6 Å². The number of likely N-dealkylation sites (N-methyl/N-ethyl adjacent to an activating group) is 1. The average molecular weight is 254 g/mol. The molecule has 4 nitrogen and oxygen atoms in total. The predicted molar refractivity (Wildman–Crippen MR) is 70.1 cm³/mol. The zero-order valence-corrected chi connectivity index (χ0v) is 10.5. The van der Waals surface area contributed by atoms with Gasteiger partial charge in [-0.1, -0.05) is 11.6 Å². The van der Waals surface area contributed by atoms with E-state index in [-0.39, 0.29) is 5.91 Å². The van der Waals surface area contributed by atoms with Crippen molar-refractivity contribution < 1.29 is 4.79 Å². The molecule has 0 aromatic heterocycles. The van der Waals surface area contributed by atoms with Gasteiger partial charge >= 0.3 is 0 Å². The first-order valence-corrected chi connectivity index (χ1v) is 5.99. The van der Waals surface area contributed by atoms with Crippen molar-refractivity contribution in [3.8, 4) is 0 Å². The molecule has 17 heavy (non-hydrogen) atoms. The number of hydrogen-bond acceptors (Lipinski definition) is 3. The molecule has 0 spiro atoms. The summed E-state index contributed by atoms with van der Waals surface area (Å²) in [5.74, 6) is -0.0617. The van der Waals surface area contributed by atoms with E-state index in [1.807, 2.05) is 7.05 Å². The highest BCUT2D eigenvalue weighted by Crippen LogP contribution is 2.26. The average Bonchev–Trinajstić information content (AvgIpc) is 3.06. The van der Waals surface area contributed by atoms with Gasteiger partial charge in [-0.15, -0.1) is 0 Å². The molecule has 0 radical (unpaired) electrons. The highest BCUT2D eigenvalue weighted by molar-refractivity contribution is 6.31. The van der Waals surface area contributed by atoms with Crippen LogP contribution < -0.4 is 11.1 Å². The largest absolute Gasteiger partial charge is 0.397 e. The number of anilines is 2. The topological polar surface area (TPSA) is 58.4 Å². The van der Waals surface area contributed by atoms with E-state index in [0.717, 1.165) is 0 Å². The molecule has 2 rings (SSSR count). The smallest absolute Gasteiger partial charge is 0.238 e. The second kappa shape index (κ2) is 4.94. The lowest BCUT2D eigenvalue weighted by molar-refractivity contribution is -0.117. The Morgan fingerprint density at radius 3 is 2.94 bits per heavy atom. The molecule has 1 aliphatic carbocycles. The first kappa shape index (κ1) is 12.2. The van der Waals surface area contributed by atoms with E-state index in [0.29, 0.717) is 29.0 Å². The molecule has 0 unspecified atom stereocenters. The monoisotopic (exact) mass is 253 g/mol. The number of nitrogen functional groups attached to an aromatic ring is 1. The summed E-state index contributed by atoms with van der Waals surface area (Å²) >= 11 is 5.85. The van der Waals surface area contributed by atoms with Gasteiger partial charge in [0.15, 0.2) is 0 Å². The minimum absolute atomic E-state index is 0.0617. The second-order valence-electron chi connectivity index (χ2n) is 4.43. The lowest BCUT2D eigenvalue weighted by atomic mass is 10.2. The molecule has 0 aliphatic heterocycles. The van der Waals surface area contributed by atoms with Crippen LogP contribution >= 0.6 is 11.6 Å². The number of amides is 1. The Labute approximate surface area is 106 Å². The number of nitrogens with one attached hydrogen (secondary N) is 1. The molecule has 0 bridgehead atoms. The summed E-state index contributed by atoms with van der Waals surface area (Å²) in [5, 5.41) is 3.33. The summed E-state index contributed by atoms with van der Waals surface area (Å²) in [4.78, 5) is 13.8. The van der Waals surface area contributed by atoms with E-state index in [2.05, 4.69) is 10.2 Å². The summed E-state index contributed by atoms with van der Waals surface area (Å²) in [6.07, 6.45) is 2.37. The third-order valence-corrected chi connectivity index (χ3v) is 3.09.